The van der Waals surface area contributed by atoms with Gasteiger partial charge in [-0.25, -0.2) is 0 Å². The Morgan fingerprint density at radius 1 is 1.40 bits per heavy atom. The number of carbonyl (C=O) groups excluding carboxylic acids is 1. The fourth-order valence-electron chi connectivity index (χ4n) is 0.878. The Hall–Kier alpha value is 0.966. The molecule has 0 saturated carbocycles. The fraction of sp³-hybridized carbons (Fsp3) is 0. The quantitative estimate of drug-likeness (QED) is 0.340. The molecule has 0 fully saturated rings. The van der Waals surface area contributed by atoms with Crippen LogP contribution in [0.4, 0.5) is 0 Å². The predicted octanol–water partition coefficient (Wildman–Crippen LogP) is -3.09. The molecule has 0 bridgehead atoms. The zero-order chi connectivity index (χ0) is 10.9. The summed E-state index contributed by atoms with van der Waals surface area (Å²) in [5.74, 6) is -1.64. The Morgan fingerprint density at radius 3 is 2.33 bits per heavy atom. The van der Waals surface area contributed by atoms with Gasteiger partial charge >= 0.3 is 51.4 Å². The molecule has 0 heterocycles. The van der Waals surface area contributed by atoms with Crippen molar-refractivity contribution in [3.8, 4) is 0 Å². The third-order valence-electron chi connectivity index (χ3n) is 1.44. The number of halogens is 1. The first-order valence-electron chi connectivity index (χ1n) is 3.31. The van der Waals surface area contributed by atoms with Crippen LogP contribution in [0.25, 0.3) is 0 Å². The number of aromatic carboxylic acids is 1. The number of benzene rings is 1. The Labute approximate surface area is 143 Å². The van der Waals surface area contributed by atoms with Crippen molar-refractivity contribution in [3.63, 3.8) is 0 Å². The number of carboxylic acid groups (broad SMARTS) is 1. The van der Waals surface area contributed by atoms with E-state index in [1.165, 1.54) is 6.07 Å². The summed E-state index contributed by atoms with van der Waals surface area (Å²) in [5.41, 5.74) is -0.548. The molecule has 8 heteroatoms. The van der Waals surface area contributed by atoms with E-state index in [4.69, 9.17) is 4.55 Å². The third-order valence-corrected chi connectivity index (χ3v) is 3.01. The van der Waals surface area contributed by atoms with Gasteiger partial charge in [-0.15, -0.1) is 0 Å². The molecule has 1 rings (SSSR count). The summed E-state index contributed by atoms with van der Waals surface area (Å²) < 4.78 is 30.8. The van der Waals surface area contributed by atoms with Crippen LogP contribution < -0.4 is 56.5 Å². The van der Waals surface area contributed by atoms with Crippen molar-refractivity contribution in [2.75, 3.05) is 0 Å². The van der Waals surface area contributed by atoms with E-state index < -0.39 is 26.5 Å². The molecule has 0 spiro atoms. The Kier molecular flexibility index (Phi) is 6.44. The van der Waals surface area contributed by atoms with Crippen molar-refractivity contribution in [2.24, 2.45) is 0 Å². The average Bonchev–Trinajstić information content (AvgIpc) is 2.01. The van der Waals surface area contributed by atoms with Crippen LogP contribution in [-0.2, 0) is 10.1 Å². The maximum Gasteiger partial charge on any atom is 1.00 e. The van der Waals surface area contributed by atoms with Crippen molar-refractivity contribution in [2.45, 2.75) is 4.90 Å². The molecule has 76 valence electrons. The Bertz CT molecular complexity index is 484. The van der Waals surface area contributed by atoms with Crippen LogP contribution in [0.1, 0.15) is 10.4 Å². The van der Waals surface area contributed by atoms with Gasteiger partial charge in [0.1, 0.15) is 4.90 Å². The van der Waals surface area contributed by atoms with Crippen LogP contribution in [-0.4, -0.2) is 18.9 Å². The summed E-state index contributed by atoms with van der Waals surface area (Å²) in [4.78, 5) is 9.84. The number of rotatable bonds is 2. The van der Waals surface area contributed by atoms with Crippen molar-refractivity contribution < 1.29 is 74.3 Å². The molecule has 0 radical (unpaired) electrons. The zero-order valence-electron chi connectivity index (χ0n) is 7.60. The molecule has 0 aliphatic heterocycles. The minimum atomic E-state index is -4.53. The van der Waals surface area contributed by atoms with Gasteiger partial charge in [-0.3, -0.25) is 4.55 Å². The van der Waals surface area contributed by atoms with Crippen molar-refractivity contribution in [3.05, 3.63) is 27.3 Å². The first kappa shape index (κ1) is 16.0. The number of carboxylic acids is 1. The fourth-order valence-corrected chi connectivity index (χ4v) is 2.29. The van der Waals surface area contributed by atoms with Gasteiger partial charge in [0, 0.05) is 9.13 Å². The molecule has 0 atom stereocenters. The van der Waals surface area contributed by atoms with E-state index in [1.54, 1.807) is 22.6 Å². The van der Waals surface area contributed by atoms with Crippen LogP contribution in [0.5, 0.6) is 0 Å². The minimum Gasteiger partial charge on any atom is -0.545 e. The van der Waals surface area contributed by atoms with Gasteiger partial charge in [-0.05, 0) is 34.7 Å². The topological polar surface area (TPSA) is 94.5 Å². The smallest absolute Gasteiger partial charge is 0.545 e. The van der Waals surface area contributed by atoms with Crippen LogP contribution >= 0.6 is 22.6 Å². The van der Waals surface area contributed by atoms with E-state index in [-0.39, 0.29) is 51.4 Å². The van der Waals surface area contributed by atoms with E-state index >= 15 is 0 Å². The van der Waals surface area contributed by atoms with Crippen molar-refractivity contribution in [1.29, 1.82) is 0 Å². The van der Waals surface area contributed by atoms with Gasteiger partial charge in [0.25, 0.3) is 10.1 Å². The van der Waals surface area contributed by atoms with E-state index in [9.17, 15) is 18.3 Å². The van der Waals surface area contributed by atoms with Gasteiger partial charge in [0.05, 0.1) is 5.97 Å². The maximum atomic E-state index is 10.8. The standard InChI is InChI=1S/C7H5IO5S.K/c8-4-1-2-5(7(9)10)6(3-4)14(11,12)13;/h1-3H,(H,9,10)(H,11,12,13);/q;+1/p-1. The molecule has 0 aliphatic rings. The second-order valence-electron chi connectivity index (χ2n) is 2.40. The SMILES string of the molecule is O=C([O-])c1ccc(I)cc1S(=O)(=O)O.[K+]. The molecule has 1 aromatic rings. The Balaban J connectivity index is 0.00000196. The summed E-state index contributed by atoms with van der Waals surface area (Å²) in [6.45, 7) is 0. The molecular weight excluding hydrogens is 362 g/mol. The maximum absolute atomic E-state index is 10.8. The molecule has 0 aromatic heterocycles. The van der Waals surface area contributed by atoms with Crippen LogP contribution in [0.3, 0.4) is 0 Å². The molecule has 1 N–H and O–H groups in total. The van der Waals surface area contributed by atoms with E-state index in [0.717, 1.165) is 12.1 Å². The summed E-state index contributed by atoms with van der Waals surface area (Å²) >= 11 is 1.80. The summed E-state index contributed by atoms with van der Waals surface area (Å²) in [5, 5.41) is 10.5. The third kappa shape index (κ3) is 4.38. The summed E-state index contributed by atoms with van der Waals surface area (Å²) in [6, 6.07) is 3.53. The first-order valence-corrected chi connectivity index (χ1v) is 5.82. The largest absolute Gasteiger partial charge is 1.00 e. The number of hydrogen-bond donors (Lipinski definition) is 1. The van der Waals surface area contributed by atoms with E-state index in [1.807, 2.05) is 0 Å². The van der Waals surface area contributed by atoms with Crippen molar-refractivity contribution in [1.82, 2.24) is 0 Å². The molecule has 5 nitrogen and oxygen atoms in total. The van der Waals surface area contributed by atoms with Gasteiger partial charge in [0.15, 0.2) is 0 Å². The molecule has 0 amide bonds. The van der Waals surface area contributed by atoms with E-state index in [0.29, 0.717) is 3.57 Å². The minimum absolute atomic E-state index is 0. The monoisotopic (exact) mass is 366 g/mol. The zero-order valence-corrected chi connectivity index (χ0v) is 13.7. The normalized spacial score (nSPS) is 10.5. The summed E-state index contributed by atoms with van der Waals surface area (Å²) in [7, 11) is -4.53. The Morgan fingerprint density at radius 2 is 1.93 bits per heavy atom. The molecule has 0 aliphatic carbocycles. The molecule has 0 saturated heterocycles. The van der Waals surface area contributed by atoms with Gasteiger partial charge < -0.3 is 9.90 Å². The van der Waals surface area contributed by atoms with Gasteiger partial charge in [-0.1, -0.05) is 6.07 Å². The second kappa shape index (κ2) is 6.05. The molecule has 0 unspecified atom stereocenters. The first-order chi connectivity index (χ1) is 6.32. The van der Waals surface area contributed by atoms with E-state index in [2.05, 4.69) is 0 Å². The van der Waals surface area contributed by atoms with Gasteiger partial charge in [0.2, 0.25) is 0 Å². The molecule has 15 heavy (non-hydrogen) atoms. The van der Waals surface area contributed by atoms with Gasteiger partial charge in [-0.2, -0.15) is 8.42 Å². The predicted molar refractivity (Wildman–Crippen MR) is 53.3 cm³/mol. The molecule has 1 aromatic carbocycles. The average molecular weight is 366 g/mol. The van der Waals surface area contributed by atoms with Crippen LogP contribution in [0.15, 0.2) is 23.1 Å². The van der Waals surface area contributed by atoms with Crippen LogP contribution in [0, 0.1) is 3.57 Å². The number of carbonyl (C=O) groups is 1. The molecular formula is C7H4IKO5S. The van der Waals surface area contributed by atoms with Crippen molar-refractivity contribution >= 4 is 38.7 Å². The van der Waals surface area contributed by atoms with Crippen LogP contribution in [0.2, 0.25) is 0 Å². The summed E-state index contributed by atoms with van der Waals surface area (Å²) in [6.07, 6.45) is 0. The second-order valence-corrected chi connectivity index (χ2v) is 5.04. The number of hydrogen-bond acceptors (Lipinski definition) is 4.